The Morgan fingerprint density at radius 2 is 1.73 bits per heavy atom. The Hall–Kier alpha value is -3.09. The van der Waals surface area contributed by atoms with Crippen LogP contribution in [0.4, 0.5) is 21.9 Å². The first-order valence-corrected chi connectivity index (χ1v) is 8.63. The minimum Gasteiger partial charge on any atom is -0.371 e. The van der Waals surface area contributed by atoms with Gasteiger partial charge in [-0.25, -0.2) is 4.79 Å². The number of piperidine rings is 1. The molecule has 0 bridgehead atoms. The highest BCUT2D eigenvalue weighted by atomic mass is 16.6. The maximum atomic E-state index is 12.4. The predicted octanol–water partition coefficient (Wildman–Crippen LogP) is 3.73. The van der Waals surface area contributed by atoms with E-state index in [9.17, 15) is 14.9 Å². The summed E-state index contributed by atoms with van der Waals surface area (Å²) in [5, 5.41) is 13.5. The summed E-state index contributed by atoms with van der Waals surface area (Å²) >= 11 is 0. The molecule has 0 radical (unpaired) electrons. The van der Waals surface area contributed by atoms with Crippen LogP contribution < -0.4 is 10.2 Å². The molecular weight excluding hydrogens is 332 g/mol. The lowest BCUT2D eigenvalue weighted by molar-refractivity contribution is -0.384. The number of hydrogen-bond acceptors (Lipinski definition) is 4. The molecule has 2 aromatic carbocycles. The number of carbonyl (C=O) groups is 1. The third-order valence-corrected chi connectivity index (χ3v) is 4.79. The van der Waals surface area contributed by atoms with Gasteiger partial charge in [0.05, 0.1) is 4.92 Å². The average Bonchev–Trinajstić information content (AvgIpc) is 2.68. The number of benzene rings is 2. The molecule has 7 heteroatoms. The number of anilines is 2. The zero-order valence-electron chi connectivity index (χ0n) is 14.7. The number of likely N-dealkylation sites (tertiary alicyclic amines) is 1. The summed E-state index contributed by atoms with van der Waals surface area (Å²) in [4.78, 5) is 26.7. The fraction of sp³-hybridized carbons (Fsp3) is 0.316. The van der Waals surface area contributed by atoms with Crippen molar-refractivity contribution in [3.05, 3.63) is 64.7 Å². The second kappa shape index (κ2) is 7.86. The van der Waals surface area contributed by atoms with Crippen molar-refractivity contribution in [3.8, 4) is 0 Å². The van der Waals surface area contributed by atoms with Gasteiger partial charge in [0, 0.05) is 49.7 Å². The molecular formula is C19H22N4O3. The van der Waals surface area contributed by atoms with E-state index < -0.39 is 4.92 Å². The van der Waals surface area contributed by atoms with Gasteiger partial charge in [0.2, 0.25) is 0 Å². The molecule has 1 aliphatic heterocycles. The number of para-hydroxylation sites is 1. The molecule has 2 aromatic rings. The monoisotopic (exact) mass is 354 g/mol. The zero-order chi connectivity index (χ0) is 18.5. The number of non-ortho nitro benzene ring substituents is 1. The molecule has 0 saturated carbocycles. The average molecular weight is 354 g/mol. The Morgan fingerprint density at radius 1 is 1.12 bits per heavy atom. The van der Waals surface area contributed by atoms with Crippen LogP contribution in [-0.4, -0.2) is 42.0 Å². The van der Waals surface area contributed by atoms with Crippen molar-refractivity contribution in [1.82, 2.24) is 4.90 Å². The number of nitro groups is 1. The normalized spacial score (nSPS) is 14.7. The van der Waals surface area contributed by atoms with Crippen LogP contribution in [0.15, 0.2) is 54.6 Å². The van der Waals surface area contributed by atoms with E-state index in [1.165, 1.54) is 17.8 Å². The number of rotatable bonds is 4. The highest BCUT2D eigenvalue weighted by Gasteiger charge is 2.25. The molecule has 0 atom stereocenters. The Morgan fingerprint density at radius 3 is 2.31 bits per heavy atom. The molecule has 0 aromatic heterocycles. The molecule has 3 rings (SSSR count). The van der Waals surface area contributed by atoms with Crippen LogP contribution in [0, 0.1) is 10.1 Å². The number of urea groups is 1. The van der Waals surface area contributed by atoms with Crippen LogP contribution in [0.25, 0.3) is 0 Å². The molecule has 7 nitrogen and oxygen atoms in total. The molecule has 1 heterocycles. The van der Waals surface area contributed by atoms with E-state index in [0.29, 0.717) is 24.8 Å². The minimum atomic E-state index is -0.459. The van der Waals surface area contributed by atoms with Gasteiger partial charge in [0.1, 0.15) is 0 Å². The van der Waals surface area contributed by atoms with Gasteiger partial charge in [0.25, 0.3) is 5.69 Å². The first-order valence-electron chi connectivity index (χ1n) is 8.63. The highest BCUT2D eigenvalue weighted by molar-refractivity contribution is 5.89. The molecule has 0 spiro atoms. The maximum Gasteiger partial charge on any atom is 0.321 e. The van der Waals surface area contributed by atoms with Crippen LogP contribution in [0.2, 0.25) is 0 Å². The number of carbonyl (C=O) groups excluding carboxylic acids is 1. The van der Waals surface area contributed by atoms with Gasteiger partial charge in [-0.1, -0.05) is 18.2 Å². The number of amides is 2. The van der Waals surface area contributed by atoms with Gasteiger partial charge in [-0.2, -0.15) is 0 Å². The zero-order valence-corrected chi connectivity index (χ0v) is 14.7. The summed E-state index contributed by atoms with van der Waals surface area (Å²) < 4.78 is 0. The van der Waals surface area contributed by atoms with Crippen LogP contribution in [-0.2, 0) is 0 Å². The van der Waals surface area contributed by atoms with Crippen LogP contribution in [0.3, 0.4) is 0 Å². The third kappa shape index (κ3) is 4.11. The molecule has 1 fully saturated rings. The Balaban J connectivity index is 1.52. The van der Waals surface area contributed by atoms with Gasteiger partial charge >= 0.3 is 6.03 Å². The van der Waals surface area contributed by atoms with E-state index in [-0.39, 0.29) is 11.7 Å². The molecule has 2 amide bonds. The molecule has 26 heavy (non-hydrogen) atoms. The first-order chi connectivity index (χ1) is 12.5. The summed E-state index contributed by atoms with van der Waals surface area (Å²) in [5.41, 5.74) is 1.75. The van der Waals surface area contributed by atoms with Crippen molar-refractivity contribution in [3.63, 3.8) is 0 Å². The van der Waals surface area contributed by atoms with Crippen molar-refractivity contribution >= 4 is 23.1 Å². The van der Waals surface area contributed by atoms with Crippen molar-refractivity contribution in [2.75, 3.05) is 30.4 Å². The summed E-state index contributed by atoms with van der Waals surface area (Å²) in [5.74, 6) is 0. The smallest absolute Gasteiger partial charge is 0.321 e. The molecule has 0 unspecified atom stereocenters. The van der Waals surface area contributed by atoms with E-state index in [0.717, 1.165) is 12.8 Å². The lowest BCUT2D eigenvalue weighted by atomic mass is 10.0. The van der Waals surface area contributed by atoms with Crippen LogP contribution in [0.5, 0.6) is 0 Å². The minimum absolute atomic E-state index is 0.00719. The predicted molar refractivity (Wildman–Crippen MR) is 102 cm³/mol. The van der Waals surface area contributed by atoms with Gasteiger partial charge < -0.3 is 15.1 Å². The summed E-state index contributed by atoms with van der Waals surface area (Å²) in [6, 6.07) is 16.3. The Kier molecular flexibility index (Phi) is 5.36. The maximum absolute atomic E-state index is 12.4. The van der Waals surface area contributed by atoms with Gasteiger partial charge in [-0.05, 0) is 37.1 Å². The fourth-order valence-electron chi connectivity index (χ4n) is 3.20. The van der Waals surface area contributed by atoms with Crippen LogP contribution in [0.1, 0.15) is 12.8 Å². The van der Waals surface area contributed by atoms with E-state index in [1.54, 1.807) is 17.0 Å². The second-order valence-corrected chi connectivity index (χ2v) is 6.40. The first kappa shape index (κ1) is 17.7. The van der Waals surface area contributed by atoms with E-state index in [1.807, 2.05) is 18.2 Å². The van der Waals surface area contributed by atoms with E-state index >= 15 is 0 Å². The SMILES string of the molecule is CN(c1ccccc1)C1CCN(C(=O)Nc2ccc([N+](=O)[O-])cc2)CC1. The van der Waals surface area contributed by atoms with E-state index in [2.05, 4.69) is 29.4 Å². The van der Waals surface area contributed by atoms with E-state index in [4.69, 9.17) is 0 Å². The van der Waals surface area contributed by atoms with Gasteiger partial charge in [0.15, 0.2) is 0 Å². The lowest BCUT2D eigenvalue weighted by Crippen LogP contribution is -2.47. The van der Waals surface area contributed by atoms with Crippen molar-refractivity contribution < 1.29 is 9.72 Å². The van der Waals surface area contributed by atoms with Gasteiger partial charge in [-0.15, -0.1) is 0 Å². The van der Waals surface area contributed by atoms with Gasteiger partial charge in [-0.3, -0.25) is 10.1 Å². The molecule has 136 valence electrons. The summed E-state index contributed by atoms with van der Waals surface area (Å²) in [7, 11) is 2.09. The lowest BCUT2D eigenvalue weighted by Gasteiger charge is -2.37. The molecule has 0 aliphatic carbocycles. The van der Waals surface area contributed by atoms with Crippen molar-refractivity contribution in [2.24, 2.45) is 0 Å². The second-order valence-electron chi connectivity index (χ2n) is 6.40. The largest absolute Gasteiger partial charge is 0.371 e. The standard InChI is InChI=1S/C19H22N4O3/c1-21(16-5-3-2-4-6-16)17-11-13-22(14-12-17)19(24)20-15-7-9-18(10-8-15)23(25)26/h2-10,17H,11-14H2,1H3,(H,20,24). The molecule has 1 N–H and O–H groups in total. The number of nitrogens with one attached hydrogen (secondary N) is 1. The molecule has 1 saturated heterocycles. The number of hydrogen-bond donors (Lipinski definition) is 1. The summed E-state index contributed by atoms with van der Waals surface area (Å²) in [6.45, 7) is 1.36. The fourth-order valence-corrected chi connectivity index (χ4v) is 3.20. The number of nitro benzene ring substituents is 1. The topological polar surface area (TPSA) is 78.7 Å². The van der Waals surface area contributed by atoms with Crippen LogP contribution >= 0.6 is 0 Å². The Labute approximate surface area is 152 Å². The summed E-state index contributed by atoms with van der Waals surface area (Å²) in [6.07, 6.45) is 1.80. The number of nitrogens with zero attached hydrogens (tertiary/aromatic N) is 3. The quantitative estimate of drug-likeness (QED) is 0.670. The van der Waals surface area contributed by atoms with Crippen molar-refractivity contribution in [2.45, 2.75) is 18.9 Å². The Bertz CT molecular complexity index is 756. The third-order valence-electron chi connectivity index (χ3n) is 4.79. The van der Waals surface area contributed by atoms with Crippen molar-refractivity contribution in [1.29, 1.82) is 0 Å². The highest BCUT2D eigenvalue weighted by Crippen LogP contribution is 2.22. The molecule has 1 aliphatic rings.